The van der Waals surface area contributed by atoms with E-state index in [0.29, 0.717) is 18.2 Å². The average molecular weight is 253 g/mol. The molecule has 0 amide bonds. The lowest BCUT2D eigenvalue weighted by atomic mass is 10.1. The van der Waals surface area contributed by atoms with Gasteiger partial charge in [-0.2, -0.15) is 0 Å². The Labute approximate surface area is 104 Å². The van der Waals surface area contributed by atoms with Gasteiger partial charge >= 0.3 is 0 Å². The van der Waals surface area contributed by atoms with Crippen LogP contribution in [-0.4, -0.2) is 27.3 Å². The van der Waals surface area contributed by atoms with Crippen LogP contribution in [0, 0.1) is 0 Å². The van der Waals surface area contributed by atoms with Crippen LogP contribution in [0.5, 0.6) is 5.75 Å². The minimum Gasteiger partial charge on any atom is -0.497 e. The van der Waals surface area contributed by atoms with Crippen LogP contribution in [0.2, 0.25) is 0 Å². The fraction of sp³-hybridized carbons (Fsp3) is 0.364. The van der Waals surface area contributed by atoms with Crippen molar-refractivity contribution in [1.29, 1.82) is 0 Å². The van der Waals surface area contributed by atoms with Crippen LogP contribution < -0.4 is 4.74 Å². The normalized spacial score (nSPS) is 10.5. The van der Waals surface area contributed by atoms with E-state index in [1.54, 1.807) is 11.8 Å². The van der Waals surface area contributed by atoms with Crippen molar-refractivity contribution in [3.05, 3.63) is 35.7 Å². The molecule has 0 radical (unpaired) electrons. The van der Waals surface area contributed by atoms with Crippen molar-refractivity contribution >= 4 is 11.6 Å². The zero-order valence-corrected chi connectivity index (χ0v) is 10.3. The second kappa shape index (κ2) is 5.63. The second-order valence-corrected chi connectivity index (χ2v) is 3.82. The third-order valence-electron chi connectivity index (χ3n) is 2.47. The summed E-state index contributed by atoms with van der Waals surface area (Å²) in [7, 11) is 1.66. The van der Waals surface area contributed by atoms with Gasteiger partial charge in [-0.3, -0.25) is 0 Å². The molecule has 0 aliphatic rings. The summed E-state index contributed by atoms with van der Waals surface area (Å²) in [5.41, 5.74) is 1.18. The number of benzene rings is 1. The molecule has 5 nitrogen and oxygen atoms in total. The molecule has 1 aromatic carbocycles. The monoisotopic (exact) mass is 252 g/mol. The zero-order valence-electron chi connectivity index (χ0n) is 9.51. The van der Waals surface area contributed by atoms with E-state index >= 15 is 0 Å². The lowest BCUT2D eigenvalue weighted by Gasteiger charge is -2.05. The molecule has 17 heavy (non-hydrogen) atoms. The highest BCUT2D eigenvalue weighted by atomic mass is 35.5. The Morgan fingerprint density at radius 1 is 1.41 bits per heavy atom. The van der Waals surface area contributed by atoms with Crippen LogP contribution in [0.1, 0.15) is 11.4 Å². The molecule has 0 saturated heterocycles. The fourth-order valence-corrected chi connectivity index (χ4v) is 1.75. The SMILES string of the molecule is COc1cccc(CCn2nnnc2CCl)c1. The number of methoxy groups -OCH3 is 1. The zero-order chi connectivity index (χ0) is 12.1. The third-order valence-corrected chi connectivity index (χ3v) is 2.71. The molecule has 0 aliphatic carbocycles. The van der Waals surface area contributed by atoms with Gasteiger partial charge in [0.15, 0.2) is 5.82 Å². The van der Waals surface area contributed by atoms with Crippen LogP contribution >= 0.6 is 11.6 Å². The van der Waals surface area contributed by atoms with Crippen LogP contribution in [0.3, 0.4) is 0 Å². The number of alkyl halides is 1. The summed E-state index contributed by atoms with van der Waals surface area (Å²) in [6.45, 7) is 0.711. The topological polar surface area (TPSA) is 52.8 Å². The molecule has 0 bridgehead atoms. The summed E-state index contributed by atoms with van der Waals surface area (Å²) in [5, 5.41) is 11.3. The number of ether oxygens (including phenoxy) is 1. The molecule has 2 rings (SSSR count). The molecule has 1 aromatic heterocycles. The minimum absolute atomic E-state index is 0.325. The van der Waals surface area contributed by atoms with Gasteiger partial charge in [-0.1, -0.05) is 12.1 Å². The Morgan fingerprint density at radius 2 is 2.29 bits per heavy atom. The highest BCUT2D eigenvalue weighted by molar-refractivity contribution is 6.16. The smallest absolute Gasteiger partial charge is 0.166 e. The van der Waals surface area contributed by atoms with Gasteiger partial charge in [-0.15, -0.1) is 16.7 Å². The molecule has 90 valence electrons. The molecule has 6 heteroatoms. The molecule has 0 saturated carbocycles. The van der Waals surface area contributed by atoms with Gasteiger partial charge in [0.1, 0.15) is 5.75 Å². The molecule has 0 unspecified atom stereocenters. The van der Waals surface area contributed by atoms with Crippen molar-refractivity contribution in [2.75, 3.05) is 7.11 Å². The number of nitrogens with zero attached hydrogens (tertiary/aromatic N) is 4. The number of hydrogen-bond acceptors (Lipinski definition) is 4. The Bertz CT molecular complexity index is 486. The number of halogens is 1. The Morgan fingerprint density at radius 3 is 3.06 bits per heavy atom. The first-order chi connectivity index (χ1) is 8.33. The number of aromatic nitrogens is 4. The maximum Gasteiger partial charge on any atom is 0.166 e. The van der Waals surface area contributed by atoms with Crippen LogP contribution in [0.4, 0.5) is 0 Å². The molecule has 0 N–H and O–H groups in total. The predicted molar refractivity (Wildman–Crippen MR) is 64.1 cm³/mol. The van der Waals surface area contributed by atoms with E-state index < -0.39 is 0 Å². The molecule has 0 fully saturated rings. The van der Waals surface area contributed by atoms with Crippen molar-refractivity contribution in [2.45, 2.75) is 18.8 Å². The number of aryl methyl sites for hydroxylation is 2. The van der Waals surface area contributed by atoms with Gasteiger partial charge in [0.25, 0.3) is 0 Å². The van der Waals surface area contributed by atoms with Gasteiger partial charge in [0.05, 0.1) is 13.0 Å². The van der Waals surface area contributed by atoms with E-state index in [1.165, 1.54) is 5.56 Å². The fourth-order valence-electron chi connectivity index (χ4n) is 1.56. The van der Waals surface area contributed by atoms with E-state index in [9.17, 15) is 0 Å². The van der Waals surface area contributed by atoms with Gasteiger partial charge in [-0.25, -0.2) is 4.68 Å². The van der Waals surface area contributed by atoms with Crippen molar-refractivity contribution < 1.29 is 4.74 Å². The summed E-state index contributed by atoms with van der Waals surface area (Å²) >= 11 is 5.72. The van der Waals surface area contributed by atoms with E-state index in [2.05, 4.69) is 15.5 Å². The summed E-state index contributed by atoms with van der Waals surface area (Å²) < 4.78 is 6.88. The van der Waals surface area contributed by atoms with Crippen molar-refractivity contribution in [3.8, 4) is 5.75 Å². The first-order valence-corrected chi connectivity index (χ1v) is 5.81. The first-order valence-electron chi connectivity index (χ1n) is 5.27. The van der Waals surface area contributed by atoms with Gasteiger partial charge in [-0.05, 0) is 34.5 Å². The standard InChI is InChI=1S/C11H13ClN4O/c1-17-10-4-2-3-9(7-10)5-6-16-11(8-12)13-14-15-16/h2-4,7H,5-6,8H2,1H3. The predicted octanol–water partition coefficient (Wildman–Crippen LogP) is 1.66. The van der Waals surface area contributed by atoms with Crippen molar-refractivity contribution in [1.82, 2.24) is 20.2 Å². The Kier molecular flexibility index (Phi) is 3.93. The minimum atomic E-state index is 0.325. The van der Waals surface area contributed by atoms with E-state index in [-0.39, 0.29) is 0 Å². The molecule has 0 spiro atoms. The molecule has 2 aromatic rings. The summed E-state index contributed by atoms with van der Waals surface area (Å²) in [6.07, 6.45) is 0.839. The van der Waals surface area contributed by atoms with Crippen LogP contribution in [0.25, 0.3) is 0 Å². The summed E-state index contributed by atoms with van der Waals surface area (Å²) in [6, 6.07) is 7.94. The molecule has 1 heterocycles. The van der Waals surface area contributed by atoms with E-state index in [4.69, 9.17) is 16.3 Å². The third kappa shape index (κ3) is 2.94. The van der Waals surface area contributed by atoms with Crippen molar-refractivity contribution in [3.63, 3.8) is 0 Å². The van der Waals surface area contributed by atoms with Gasteiger partial charge in [0.2, 0.25) is 0 Å². The van der Waals surface area contributed by atoms with Crippen molar-refractivity contribution in [2.24, 2.45) is 0 Å². The molecule has 0 atom stereocenters. The van der Waals surface area contributed by atoms with Crippen LogP contribution in [0.15, 0.2) is 24.3 Å². The first kappa shape index (κ1) is 11.9. The maximum absolute atomic E-state index is 5.72. The lowest BCUT2D eigenvalue weighted by Crippen LogP contribution is -2.07. The Hall–Kier alpha value is -1.62. The quantitative estimate of drug-likeness (QED) is 0.760. The highest BCUT2D eigenvalue weighted by Gasteiger charge is 2.04. The molecular formula is C11H13ClN4O. The number of rotatable bonds is 5. The Balaban J connectivity index is 2.02. The number of tetrazole rings is 1. The van der Waals surface area contributed by atoms with Gasteiger partial charge < -0.3 is 4.74 Å². The highest BCUT2D eigenvalue weighted by Crippen LogP contribution is 2.13. The van der Waals surface area contributed by atoms with Gasteiger partial charge in [0, 0.05) is 6.54 Å². The molecular weight excluding hydrogens is 240 g/mol. The largest absolute Gasteiger partial charge is 0.497 e. The average Bonchev–Trinajstić information content (AvgIpc) is 2.84. The number of hydrogen-bond donors (Lipinski definition) is 0. The van der Waals surface area contributed by atoms with E-state index in [0.717, 1.165) is 12.2 Å². The summed E-state index contributed by atoms with van der Waals surface area (Å²) in [4.78, 5) is 0. The second-order valence-electron chi connectivity index (χ2n) is 3.55. The maximum atomic E-state index is 5.72. The molecule has 0 aliphatic heterocycles. The lowest BCUT2D eigenvalue weighted by molar-refractivity contribution is 0.414. The van der Waals surface area contributed by atoms with E-state index in [1.807, 2.05) is 24.3 Å². The summed E-state index contributed by atoms with van der Waals surface area (Å²) in [5.74, 6) is 1.87. The van der Waals surface area contributed by atoms with Crippen LogP contribution in [-0.2, 0) is 18.8 Å².